The zero-order chi connectivity index (χ0) is 25.5. The summed E-state index contributed by atoms with van der Waals surface area (Å²) in [6, 6.07) is 13.7. The Kier molecular flexibility index (Phi) is 8.82. The predicted molar refractivity (Wildman–Crippen MR) is 136 cm³/mol. The van der Waals surface area contributed by atoms with Crippen LogP contribution in [0.2, 0.25) is 0 Å². The first-order chi connectivity index (χ1) is 17.4. The van der Waals surface area contributed by atoms with Crippen LogP contribution in [-0.4, -0.2) is 66.9 Å². The van der Waals surface area contributed by atoms with E-state index in [4.69, 9.17) is 15.2 Å². The van der Waals surface area contributed by atoms with Crippen molar-refractivity contribution >= 4 is 6.03 Å². The first-order valence-electron chi connectivity index (χ1n) is 12.9. The summed E-state index contributed by atoms with van der Waals surface area (Å²) < 4.78 is 26.4. The van der Waals surface area contributed by atoms with E-state index in [1.807, 2.05) is 23.1 Å². The summed E-state index contributed by atoms with van der Waals surface area (Å²) in [5.74, 6) is -0.265. The van der Waals surface area contributed by atoms with Crippen LogP contribution >= 0.6 is 0 Å². The van der Waals surface area contributed by atoms with Crippen molar-refractivity contribution < 1.29 is 23.8 Å². The second kappa shape index (κ2) is 12.0. The molecule has 2 heterocycles. The molecule has 2 aliphatic rings. The van der Waals surface area contributed by atoms with E-state index in [0.29, 0.717) is 56.9 Å². The average Bonchev–Trinajstić information content (AvgIpc) is 3.34. The Balaban J connectivity index is 1.63. The van der Waals surface area contributed by atoms with Gasteiger partial charge in [-0.25, -0.2) is 9.18 Å². The fraction of sp³-hybridized carbons (Fsp3) is 0.536. The maximum atomic E-state index is 15.2. The molecule has 3 N–H and O–H groups in total. The number of nitrogens with zero attached hydrogens (tertiary/aromatic N) is 2. The fourth-order valence-corrected chi connectivity index (χ4v) is 5.46. The monoisotopic (exact) mass is 499 g/mol. The van der Waals surface area contributed by atoms with Crippen LogP contribution in [0.15, 0.2) is 48.5 Å². The average molecular weight is 500 g/mol. The lowest BCUT2D eigenvalue weighted by Gasteiger charge is -2.44. The molecule has 2 amide bonds. The Morgan fingerprint density at radius 2 is 1.86 bits per heavy atom. The molecule has 0 saturated carbocycles. The Hall–Kier alpha value is -2.68. The van der Waals surface area contributed by atoms with Gasteiger partial charge in [0.25, 0.3) is 0 Å². The molecule has 2 fully saturated rings. The molecule has 3 atom stereocenters. The quantitative estimate of drug-likeness (QED) is 0.497. The van der Waals surface area contributed by atoms with Crippen LogP contribution in [0.25, 0.3) is 0 Å². The zero-order valence-electron chi connectivity index (χ0n) is 21.1. The van der Waals surface area contributed by atoms with Crippen molar-refractivity contribution in [3.05, 3.63) is 59.9 Å². The van der Waals surface area contributed by atoms with Crippen LogP contribution in [-0.2, 0) is 10.3 Å². The number of halogens is 1. The number of ether oxygens (including phenoxy) is 2. The molecule has 3 unspecified atom stereocenters. The van der Waals surface area contributed by atoms with Gasteiger partial charge in [0.05, 0.1) is 5.60 Å². The number of amides is 2. The van der Waals surface area contributed by atoms with Gasteiger partial charge in [0.2, 0.25) is 0 Å². The molecule has 2 saturated heterocycles. The molecule has 0 aromatic heterocycles. The van der Waals surface area contributed by atoms with Crippen molar-refractivity contribution in [1.29, 1.82) is 0 Å². The summed E-state index contributed by atoms with van der Waals surface area (Å²) in [5, 5.41) is 12.3. The van der Waals surface area contributed by atoms with Crippen LogP contribution < -0.4 is 10.5 Å². The van der Waals surface area contributed by atoms with Crippen molar-refractivity contribution in [2.75, 3.05) is 39.9 Å². The summed E-state index contributed by atoms with van der Waals surface area (Å²) in [7, 11) is 1.65. The summed E-state index contributed by atoms with van der Waals surface area (Å²) in [4.78, 5) is 16.9. The number of aliphatic hydroxyl groups is 1. The molecule has 36 heavy (non-hydrogen) atoms. The van der Waals surface area contributed by atoms with E-state index in [0.717, 1.165) is 25.7 Å². The minimum absolute atomic E-state index is 0.0113. The minimum Gasteiger partial charge on any atom is -0.454 e. The fourth-order valence-electron chi connectivity index (χ4n) is 5.46. The molecule has 0 bridgehead atoms. The standard InChI is InChI=1S/C28H38FN3O4/c1-35-18-6-5-15-28(34,21-9-8-16-31(19-21)27(33)32-17-14-22(30)20-32)24-12-7-13-25(29)26(24)36-23-10-3-2-4-11-23/h2-4,7,10-13,21-22,34H,5-6,8-9,14-20,30H2,1H3. The first-order valence-corrected chi connectivity index (χ1v) is 12.9. The van der Waals surface area contributed by atoms with Gasteiger partial charge in [-0.15, -0.1) is 0 Å². The maximum Gasteiger partial charge on any atom is 0.320 e. The largest absolute Gasteiger partial charge is 0.454 e. The molecular formula is C28H38FN3O4. The third-order valence-electron chi connectivity index (χ3n) is 7.42. The van der Waals surface area contributed by atoms with Gasteiger partial charge in [0.15, 0.2) is 11.6 Å². The normalized spacial score (nSPS) is 21.9. The van der Waals surface area contributed by atoms with Crippen LogP contribution in [0.4, 0.5) is 9.18 Å². The summed E-state index contributed by atoms with van der Waals surface area (Å²) in [6.07, 6.45) is 4.16. The number of nitrogens with two attached hydrogens (primary N) is 1. The van der Waals surface area contributed by atoms with E-state index in [9.17, 15) is 9.90 Å². The number of carbonyl (C=O) groups excluding carboxylic acids is 1. The number of rotatable bonds is 9. The third-order valence-corrected chi connectivity index (χ3v) is 7.42. The van der Waals surface area contributed by atoms with E-state index in [-0.39, 0.29) is 23.7 Å². The van der Waals surface area contributed by atoms with Gasteiger partial charge < -0.3 is 30.1 Å². The van der Waals surface area contributed by atoms with E-state index in [1.165, 1.54) is 6.07 Å². The number of hydrogen-bond donors (Lipinski definition) is 2. The van der Waals surface area contributed by atoms with Crippen LogP contribution in [0.1, 0.15) is 44.1 Å². The molecule has 4 rings (SSSR count). The van der Waals surface area contributed by atoms with Gasteiger partial charge in [-0.2, -0.15) is 0 Å². The molecule has 0 aliphatic carbocycles. The van der Waals surface area contributed by atoms with Crippen molar-refractivity contribution in [2.24, 2.45) is 11.7 Å². The van der Waals surface area contributed by atoms with Gasteiger partial charge in [0, 0.05) is 57.4 Å². The smallest absolute Gasteiger partial charge is 0.320 e. The second-order valence-corrected chi connectivity index (χ2v) is 9.97. The maximum absolute atomic E-state index is 15.2. The number of hydrogen-bond acceptors (Lipinski definition) is 5. The minimum atomic E-state index is -1.37. The Bertz CT molecular complexity index is 1010. The highest BCUT2D eigenvalue weighted by atomic mass is 19.1. The number of urea groups is 1. The number of para-hydroxylation sites is 2. The van der Waals surface area contributed by atoms with Gasteiger partial charge in [0.1, 0.15) is 5.75 Å². The van der Waals surface area contributed by atoms with Gasteiger partial charge in [-0.1, -0.05) is 30.3 Å². The van der Waals surface area contributed by atoms with Crippen molar-refractivity contribution in [2.45, 2.75) is 50.2 Å². The molecule has 8 heteroatoms. The number of piperidine rings is 1. The lowest BCUT2D eigenvalue weighted by Crippen LogP contribution is -2.51. The summed E-state index contributed by atoms with van der Waals surface area (Å²) in [5.41, 5.74) is 5.07. The third kappa shape index (κ3) is 5.99. The van der Waals surface area contributed by atoms with Gasteiger partial charge in [-0.05, 0) is 56.7 Å². The first kappa shape index (κ1) is 26.4. The summed E-state index contributed by atoms with van der Waals surface area (Å²) >= 11 is 0. The number of likely N-dealkylation sites (tertiary alicyclic amines) is 2. The molecule has 2 aromatic carbocycles. The zero-order valence-corrected chi connectivity index (χ0v) is 21.1. The van der Waals surface area contributed by atoms with Crippen LogP contribution in [0.3, 0.4) is 0 Å². The van der Waals surface area contributed by atoms with Crippen molar-refractivity contribution in [3.63, 3.8) is 0 Å². The highest BCUT2D eigenvalue weighted by Crippen LogP contribution is 2.45. The van der Waals surface area contributed by atoms with E-state index in [2.05, 4.69) is 0 Å². The Morgan fingerprint density at radius 1 is 1.08 bits per heavy atom. The molecule has 2 aromatic rings. The number of unbranched alkanes of at least 4 members (excludes halogenated alkanes) is 1. The van der Waals surface area contributed by atoms with E-state index < -0.39 is 11.4 Å². The molecule has 2 aliphatic heterocycles. The lowest BCUT2D eigenvalue weighted by molar-refractivity contribution is -0.0589. The highest BCUT2D eigenvalue weighted by molar-refractivity contribution is 5.75. The SMILES string of the molecule is COCCCCC(O)(c1cccc(F)c1Oc1ccccc1)C1CCCN(C(=O)N2CCC(N)C2)C1. The Labute approximate surface area is 213 Å². The topological polar surface area (TPSA) is 88.3 Å². The predicted octanol–water partition coefficient (Wildman–Crippen LogP) is 4.49. The van der Waals surface area contributed by atoms with E-state index >= 15 is 4.39 Å². The number of methoxy groups -OCH3 is 1. The van der Waals surface area contributed by atoms with Gasteiger partial charge >= 0.3 is 6.03 Å². The lowest BCUT2D eigenvalue weighted by atomic mass is 9.73. The van der Waals surface area contributed by atoms with Gasteiger partial charge in [-0.3, -0.25) is 0 Å². The number of benzene rings is 2. The highest BCUT2D eigenvalue weighted by Gasteiger charge is 2.44. The molecule has 7 nitrogen and oxygen atoms in total. The molecule has 0 radical (unpaired) electrons. The van der Waals surface area contributed by atoms with Crippen LogP contribution in [0, 0.1) is 11.7 Å². The summed E-state index contributed by atoms with van der Waals surface area (Å²) in [6.45, 7) is 2.82. The van der Waals surface area contributed by atoms with Crippen molar-refractivity contribution in [3.8, 4) is 11.5 Å². The second-order valence-electron chi connectivity index (χ2n) is 9.97. The van der Waals surface area contributed by atoms with Crippen LogP contribution in [0.5, 0.6) is 11.5 Å². The van der Waals surface area contributed by atoms with E-state index in [1.54, 1.807) is 36.3 Å². The Morgan fingerprint density at radius 3 is 2.58 bits per heavy atom. The molecule has 196 valence electrons. The molecule has 0 spiro atoms. The molecular weight excluding hydrogens is 461 g/mol. The number of carbonyl (C=O) groups is 1. The van der Waals surface area contributed by atoms with Crippen molar-refractivity contribution in [1.82, 2.24) is 9.80 Å².